The molecule has 1 amide bonds. The van der Waals surface area contributed by atoms with Crippen LogP contribution >= 0.6 is 0 Å². The summed E-state index contributed by atoms with van der Waals surface area (Å²) in [4.78, 5) is 16.2. The van der Waals surface area contributed by atoms with Crippen molar-refractivity contribution in [2.24, 2.45) is 10.7 Å². The minimum absolute atomic E-state index is 0.00726. The van der Waals surface area contributed by atoms with Crippen LogP contribution in [-0.2, 0) is 11.2 Å². The molecule has 2 aromatic carbocycles. The van der Waals surface area contributed by atoms with Gasteiger partial charge in [-0.1, -0.05) is 42.5 Å². The molecule has 4 N–H and O–H groups in total. The van der Waals surface area contributed by atoms with Crippen LogP contribution in [0.3, 0.4) is 0 Å². The maximum atomic E-state index is 12.0. The summed E-state index contributed by atoms with van der Waals surface area (Å²) in [6.45, 7) is 2.00. The number of nitrogens with one attached hydrogen (secondary N) is 2. The van der Waals surface area contributed by atoms with Crippen molar-refractivity contribution in [3.8, 4) is 0 Å². The summed E-state index contributed by atoms with van der Waals surface area (Å²) in [6, 6.07) is 16.0. The zero-order chi connectivity index (χ0) is 18.5. The summed E-state index contributed by atoms with van der Waals surface area (Å²) in [5.74, 6) is 0.00726. The van der Waals surface area contributed by atoms with E-state index < -0.39 is 0 Å². The first-order valence-corrected chi connectivity index (χ1v) is 8.73. The summed E-state index contributed by atoms with van der Waals surface area (Å²) in [5.41, 5.74) is 11.8. The molecule has 1 heterocycles. The highest BCUT2D eigenvalue weighted by Gasteiger charge is 2.21. The van der Waals surface area contributed by atoms with E-state index >= 15 is 0 Å². The minimum atomic E-state index is 0.00726. The van der Waals surface area contributed by atoms with E-state index in [1.165, 1.54) is 0 Å². The van der Waals surface area contributed by atoms with Crippen molar-refractivity contribution in [3.63, 3.8) is 0 Å². The number of aliphatic imine (C=N–C) groups is 1. The zero-order valence-electron chi connectivity index (χ0n) is 15.1. The van der Waals surface area contributed by atoms with E-state index in [-0.39, 0.29) is 11.9 Å². The van der Waals surface area contributed by atoms with Gasteiger partial charge >= 0.3 is 0 Å². The first kappa shape index (κ1) is 17.7. The lowest BCUT2D eigenvalue weighted by Crippen LogP contribution is -2.19. The molecule has 0 spiro atoms. The fourth-order valence-electron chi connectivity index (χ4n) is 3.18. The normalized spacial score (nSPS) is 17.8. The monoisotopic (exact) mass is 348 g/mol. The summed E-state index contributed by atoms with van der Waals surface area (Å²) >= 11 is 0. The molecule has 0 saturated carbocycles. The number of amides is 1. The first-order chi connectivity index (χ1) is 12.6. The molecule has 0 aromatic heterocycles. The van der Waals surface area contributed by atoms with E-state index in [0.29, 0.717) is 12.8 Å². The average molecular weight is 348 g/mol. The fourth-order valence-corrected chi connectivity index (χ4v) is 3.18. The Labute approximate surface area is 154 Å². The van der Waals surface area contributed by atoms with Crippen molar-refractivity contribution in [3.05, 3.63) is 65.4 Å². The number of nitrogens with two attached hydrogens (primary N) is 1. The van der Waals surface area contributed by atoms with Gasteiger partial charge in [-0.05, 0) is 18.6 Å². The molecule has 26 heavy (non-hydrogen) atoms. The van der Waals surface area contributed by atoms with E-state index in [2.05, 4.69) is 27.8 Å². The number of allylic oxidation sites excluding steroid dienone is 2. The van der Waals surface area contributed by atoms with Crippen molar-refractivity contribution in [1.82, 2.24) is 0 Å². The van der Waals surface area contributed by atoms with Gasteiger partial charge in [0, 0.05) is 49.0 Å². The van der Waals surface area contributed by atoms with Crippen molar-refractivity contribution in [1.29, 1.82) is 0 Å². The van der Waals surface area contributed by atoms with Gasteiger partial charge < -0.3 is 16.4 Å². The second kappa shape index (κ2) is 7.87. The minimum Gasteiger partial charge on any atom is -0.401 e. The summed E-state index contributed by atoms with van der Waals surface area (Å²) in [6.07, 6.45) is 2.84. The molecular formula is C21H24N4O. The molecule has 0 fully saturated rings. The van der Waals surface area contributed by atoms with Crippen molar-refractivity contribution in [2.45, 2.75) is 25.8 Å². The predicted molar refractivity (Wildman–Crippen MR) is 108 cm³/mol. The van der Waals surface area contributed by atoms with Gasteiger partial charge in [-0.25, -0.2) is 0 Å². The number of hydrogen-bond donors (Lipinski definition) is 3. The van der Waals surface area contributed by atoms with Crippen LogP contribution in [0.15, 0.2) is 59.2 Å². The molecule has 5 heteroatoms. The van der Waals surface area contributed by atoms with E-state index in [9.17, 15) is 4.79 Å². The van der Waals surface area contributed by atoms with Crippen molar-refractivity contribution in [2.75, 3.05) is 17.7 Å². The van der Waals surface area contributed by atoms with Crippen molar-refractivity contribution < 1.29 is 4.79 Å². The van der Waals surface area contributed by atoms with Crippen LogP contribution in [0.1, 0.15) is 24.5 Å². The number of nitrogens with zero attached hydrogens (tertiary/aromatic N) is 1. The Kier molecular flexibility index (Phi) is 5.37. The topological polar surface area (TPSA) is 79.5 Å². The molecule has 0 unspecified atom stereocenters. The third kappa shape index (κ3) is 3.94. The molecule has 1 aliphatic rings. The van der Waals surface area contributed by atoms with Crippen LogP contribution in [-0.4, -0.2) is 25.2 Å². The molecular weight excluding hydrogens is 324 g/mol. The lowest BCUT2D eigenvalue weighted by molar-refractivity contribution is -0.116. The number of anilines is 2. The number of carbonyl (C=O) groups excluding carboxylic acids is 1. The Morgan fingerprint density at radius 3 is 2.73 bits per heavy atom. The molecule has 1 atom stereocenters. The maximum absolute atomic E-state index is 12.0. The standard InChI is InChI=1S/C21H24N4O/c1-14-11-20(26)25-19-10-6-9-16(21(19)24-14)17(13-23-2)18(22)12-15-7-4-3-5-8-15/h3-10,13-14,24H,11-12,22H2,1-2H3,(H,25,26)/b18-17-,23-13?/t14-/m1/s1. The number of hydrogen-bond acceptors (Lipinski definition) is 4. The van der Waals surface area contributed by atoms with Gasteiger partial charge in [-0.3, -0.25) is 9.79 Å². The second-order valence-electron chi connectivity index (χ2n) is 6.51. The lowest BCUT2D eigenvalue weighted by atomic mass is 9.98. The number of fused-ring (bicyclic) bond motifs is 1. The average Bonchev–Trinajstić information content (AvgIpc) is 2.76. The Morgan fingerprint density at radius 2 is 2.00 bits per heavy atom. The number of carbonyl (C=O) groups is 1. The highest BCUT2D eigenvalue weighted by atomic mass is 16.1. The van der Waals surface area contributed by atoms with Crippen LogP contribution in [0.25, 0.3) is 5.57 Å². The van der Waals surface area contributed by atoms with Crippen LogP contribution in [0.5, 0.6) is 0 Å². The van der Waals surface area contributed by atoms with Gasteiger partial charge in [0.2, 0.25) is 5.91 Å². The van der Waals surface area contributed by atoms with E-state index in [1.54, 1.807) is 13.3 Å². The molecule has 0 radical (unpaired) electrons. The van der Waals surface area contributed by atoms with Gasteiger partial charge in [0.15, 0.2) is 0 Å². The molecule has 0 bridgehead atoms. The Morgan fingerprint density at radius 1 is 1.23 bits per heavy atom. The summed E-state index contributed by atoms with van der Waals surface area (Å²) in [7, 11) is 1.73. The van der Waals surface area contributed by atoms with E-state index in [1.807, 2.05) is 43.3 Å². The first-order valence-electron chi connectivity index (χ1n) is 8.73. The lowest BCUT2D eigenvalue weighted by Gasteiger charge is -2.18. The van der Waals surface area contributed by atoms with Gasteiger partial charge in [0.25, 0.3) is 0 Å². The van der Waals surface area contributed by atoms with Gasteiger partial charge in [-0.15, -0.1) is 0 Å². The molecule has 0 saturated heterocycles. The third-order valence-electron chi connectivity index (χ3n) is 4.35. The van der Waals surface area contributed by atoms with E-state index in [0.717, 1.165) is 33.8 Å². The molecule has 2 aromatic rings. The Bertz CT molecular complexity index is 856. The number of benzene rings is 2. The zero-order valence-corrected chi connectivity index (χ0v) is 15.1. The maximum Gasteiger partial charge on any atom is 0.226 e. The van der Waals surface area contributed by atoms with Crippen LogP contribution in [0, 0.1) is 0 Å². The number of rotatable bonds is 4. The molecule has 134 valence electrons. The molecule has 1 aliphatic heterocycles. The summed E-state index contributed by atoms with van der Waals surface area (Å²) in [5, 5.41) is 6.41. The highest BCUT2D eigenvalue weighted by molar-refractivity contribution is 6.14. The largest absolute Gasteiger partial charge is 0.401 e. The van der Waals surface area contributed by atoms with Crippen LogP contribution in [0.2, 0.25) is 0 Å². The van der Waals surface area contributed by atoms with Crippen LogP contribution in [0.4, 0.5) is 11.4 Å². The second-order valence-corrected chi connectivity index (χ2v) is 6.51. The number of para-hydroxylation sites is 1. The smallest absolute Gasteiger partial charge is 0.226 e. The fraction of sp³-hybridized carbons (Fsp3) is 0.238. The summed E-state index contributed by atoms with van der Waals surface area (Å²) < 4.78 is 0. The third-order valence-corrected chi connectivity index (χ3v) is 4.35. The molecule has 5 nitrogen and oxygen atoms in total. The molecule has 0 aliphatic carbocycles. The quantitative estimate of drug-likeness (QED) is 0.741. The molecule has 3 rings (SSSR count). The SMILES string of the molecule is CN=C/C(=C(/N)Cc1ccccc1)c1cccc2c1N[C@H](C)CC(=O)N2. The van der Waals surface area contributed by atoms with Gasteiger partial charge in [0.05, 0.1) is 11.4 Å². The van der Waals surface area contributed by atoms with Crippen LogP contribution < -0.4 is 16.4 Å². The Hall–Kier alpha value is -3.08. The van der Waals surface area contributed by atoms with Gasteiger partial charge in [0.1, 0.15) is 0 Å². The van der Waals surface area contributed by atoms with Gasteiger partial charge in [-0.2, -0.15) is 0 Å². The predicted octanol–water partition coefficient (Wildman–Crippen LogP) is 3.44. The van der Waals surface area contributed by atoms with E-state index in [4.69, 9.17) is 5.73 Å². The Balaban J connectivity index is 2.08. The highest BCUT2D eigenvalue weighted by Crippen LogP contribution is 2.34. The van der Waals surface area contributed by atoms with Crippen molar-refractivity contribution >= 4 is 29.1 Å².